The summed E-state index contributed by atoms with van der Waals surface area (Å²) >= 11 is 6.40. The van der Waals surface area contributed by atoms with Gasteiger partial charge in [-0.15, -0.1) is 10.2 Å². The van der Waals surface area contributed by atoms with E-state index in [1.165, 1.54) is 25.3 Å². The van der Waals surface area contributed by atoms with E-state index in [9.17, 15) is 18.0 Å². The number of carbonyl (C=O) groups excluding carboxylic acids is 1. The minimum Gasteiger partial charge on any atom is -0.355 e. The summed E-state index contributed by atoms with van der Waals surface area (Å²) in [7, 11) is 0. The maximum Gasteiger partial charge on any atom is 0.416 e. The standard InChI is InChI=1S/C23H21ClF3N5O/c1-14(33)29-17-7-10-32(11-8-17)21-12-19(18-6-9-28-13-20(18)24)22(31-30-21)15-2-4-16(5-3-15)23(25,26)27/h2-6,9,12-13,17H,7-8,10-11H2,1H3,(H,29,33). The highest BCUT2D eigenvalue weighted by Gasteiger charge is 2.30. The van der Waals surface area contributed by atoms with Gasteiger partial charge in [0.25, 0.3) is 0 Å². The fourth-order valence-corrected chi connectivity index (χ4v) is 4.13. The van der Waals surface area contributed by atoms with Crippen LogP contribution in [0.2, 0.25) is 5.02 Å². The lowest BCUT2D eigenvalue weighted by molar-refractivity contribution is -0.137. The number of hydrogen-bond acceptors (Lipinski definition) is 5. The van der Waals surface area contributed by atoms with Crippen LogP contribution in [0.15, 0.2) is 48.8 Å². The molecular weight excluding hydrogens is 455 g/mol. The molecule has 1 aliphatic heterocycles. The Hall–Kier alpha value is -3.20. The molecule has 0 radical (unpaired) electrons. The fourth-order valence-electron chi connectivity index (χ4n) is 3.91. The summed E-state index contributed by atoms with van der Waals surface area (Å²) in [5.41, 5.74) is 1.49. The van der Waals surface area contributed by atoms with Crippen LogP contribution < -0.4 is 10.2 Å². The molecule has 1 aliphatic rings. The Kier molecular flexibility index (Phi) is 6.51. The van der Waals surface area contributed by atoms with Crippen molar-refractivity contribution in [3.8, 4) is 22.4 Å². The zero-order valence-corrected chi connectivity index (χ0v) is 18.5. The maximum absolute atomic E-state index is 13.0. The lowest BCUT2D eigenvalue weighted by Crippen LogP contribution is -2.44. The summed E-state index contributed by atoms with van der Waals surface area (Å²) in [6.07, 6.45) is 0.221. The van der Waals surface area contributed by atoms with E-state index < -0.39 is 11.7 Å². The number of benzene rings is 1. The molecule has 172 valence electrons. The van der Waals surface area contributed by atoms with Crippen LogP contribution in [-0.2, 0) is 11.0 Å². The fraction of sp³-hybridized carbons (Fsp3) is 0.304. The molecule has 6 nitrogen and oxygen atoms in total. The zero-order chi connectivity index (χ0) is 23.6. The Morgan fingerprint density at radius 1 is 1.09 bits per heavy atom. The van der Waals surface area contributed by atoms with Crippen LogP contribution >= 0.6 is 11.6 Å². The van der Waals surface area contributed by atoms with E-state index in [-0.39, 0.29) is 11.9 Å². The van der Waals surface area contributed by atoms with Gasteiger partial charge < -0.3 is 10.2 Å². The summed E-state index contributed by atoms with van der Waals surface area (Å²) in [6.45, 7) is 2.87. The molecule has 33 heavy (non-hydrogen) atoms. The molecule has 10 heteroatoms. The van der Waals surface area contributed by atoms with E-state index in [1.54, 1.807) is 12.3 Å². The largest absolute Gasteiger partial charge is 0.416 e. The van der Waals surface area contributed by atoms with Crippen LogP contribution in [0.5, 0.6) is 0 Å². The van der Waals surface area contributed by atoms with E-state index in [2.05, 4.69) is 25.4 Å². The highest BCUT2D eigenvalue weighted by molar-refractivity contribution is 6.33. The predicted molar refractivity (Wildman–Crippen MR) is 120 cm³/mol. The summed E-state index contributed by atoms with van der Waals surface area (Å²) in [6, 6.07) is 8.51. The van der Waals surface area contributed by atoms with Crippen molar-refractivity contribution in [2.75, 3.05) is 18.0 Å². The normalized spacial score (nSPS) is 14.9. The number of hydrogen-bond donors (Lipinski definition) is 1. The van der Waals surface area contributed by atoms with E-state index in [0.717, 1.165) is 25.0 Å². The van der Waals surface area contributed by atoms with Gasteiger partial charge in [0.15, 0.2) is 5.82 Å². The number of piperidine rings is 1. The Morgan fingerprint density at radius 2 is 1.79 bits per heavy atom. The van der Waals surface area contributed by atoms with Gasteiger partial charge in [-0.2, -0.15) is 13.2 Å². The Bertz CT molecular complexity index is 1150. The topological polar surface area (TPSA) is 71.0 Å². The van der Waals surface area contributed by atoms with Crippen molar-refractivity contribution >= 4 is 23.3 Å². The average Bonchev–Trinajstić information content (AvgIpc) is 2.79. The van der Waals surface area contributed by atoms with Gasteiger partial charge in [0.05, 0.1) is 10.6 Å². The van der Waals surface area contributed by atoms with Crippen LogP contribution in [0.25, 0.3) is 22.4 Å². The molecule has 0 atom stereocenters. The third-order valence-electron chi connectivity index (χ3n) is 5.56. The lowest BCUT2D eigenvalue weighted by atomic mass is 9.99. The van der Waals surface area contributed by atoms with Crippen molar-refractivity contribution in [3.63, 3.8) is 0 Å². The van der Waals surface area contributed by atoms with E-state index in [0.29, 0.717) is 46.3 Å². The summed E-state index contributed by atoms with van der Waals surface area (Å²) < 4.78 is 39.0. The van der Waals surface area contributed by atoms with Gasteiger partial charge in [0.1, 0.15) is 5.69 Å². The number of aromatic nitrogens is 3. The summed E-state index contributed by atoms with van der Waals surface area (Å²) in [5, 5.41) is 12.1. The van der Waals surface area contributed by atoms with Gasteiger partial charge >= 0.3 is 6.18 Å². The van der Waals surface area contributed by atoms with E-state index in [4.69, 9.17) is 11.6 Å². The van der Waals surface area contributed by atoms with Crippen molar-refractivity contribution in [2.45, 2.75) is 32.0 Å². The molecule has 1 saturated heterocycles. The average molecular weight is 476 g/mol. The SMILES string of the molecule is CC(=O)NC1CCN(c2cc(-c3ccncc3Cl)c(-c3ccc(C(F)(F)F)cc3)nn2)CC1. The molecule has 2 aromatic heterocycles. The minimum absolute atomic E-state index is 0.0521. The number of nitrogens with zero attached hydrogens (tertiary/aromatic N) is 4. The second-order valence-corrected chi connectivity index (χ2v) is 8.26. The number of rotatable bonds is 4. The molecule has 3 heterocycles. The summed E-state index contributed by atoms with van der Waals surface area (Å²) in [5.74, 6) is 0.582. The van der Waals surface area contributed by atoms with Crippen molar-refractivity contribution in [1.29, 1.82) is 0 Å². The second kappa shape index (κ2) is 9.35. The lowest BCUT2D eigenvalue weighted by Gasteiger charge is -2.33. The molecular formula is C23H21ClF3N5O. The molecule has 3 aromatic rings. The van der Waals surface area contributed by atoms with Crippen molar-refractivity contribution in [2.24, 2.45) is 0 Å². The van der Waals surface area contributed by atoms with Gasteiger partial charge in [0, 0.05) is 55.1 Å². The maximum atomic E-state index is 13.0. The highest BCUT2D eigenvalue weighted by atomic mass is 35.5. The van der Waals surface area contributed by atoms with Crippen molar-refractivity contribution in [3.05, 3.63) is 59.4 Å². The Balaban J connectivity index is 1.70. The van der Waals surface area contributed by atoms with Gasteiger partial charge in [-0.25, -0.2) is 0 Å². The molecule has 0 bridgehead atoms. The number of amides is 1. The predicted octanol–water partition coefficient (Wildman–Crippen LogP) is 4.98. The van der Waals surface area contributed by atoms with Gasteiger partial charge in [-0.05, 0) is 37.1 Å². The van der Waals surface area contributed by atoms with Crippen LogP contribution in [0.4, 0.5) is 19.0 Å². The third kappa shape index (κ3) is 5.24. The van der Waals surface area contributed by atoms with E-state index in [1.807, 2.05) is 6.07 Å². The number of pyridine rings is 1. The van der Waals surface area contributed by atoms with Gasteiger partial charge in [-0.3, -0.25) is 9.78 Å². The minimum atomic E-state index is -4.42. The molecule has 0 unspecified atom stereocenters. The van der Waals surface area contributed by atoms with Crippen LogP contribution in [-0.4, -0.2) is 40.2 Å². The summed E-state index contributed by atoms with van der Waals surface area (Å²) in [4.78, 5) is 17.4. The molecule has 1 fully saturated rings. The van der Waals surface area contributed by atoms with Crippen LogP contribution in [0.3, 0.4) is 0 Å². The number of halogens is 4. The van der Waals surface area contributed by atoms with Crippen LogP contribution in [0.1, 0.15) is 25.3 Å². The number of nitrogens with one attached hydrogen (secondary N) is 1. The first kappa shape index (κ1) is 23.0. The highest BCUT2D eigenvalue weighted by Crippen LogP contribution is 2.37. The van der Waals surface area contributed by atoms with E-state index >= 15 is 0 Å². The Morgan fingerprint density at radius 3 is 2.39 bits per heavy atom. The monoisotopic (exact) mass is 475 g/mol. The molecule has 4 rings (SSSR count). The van der Waals surface area contributed by atoms with Crippen molar-refractivity contribution in [1.82, 2.24) is 20.5 Å². The molecule has 0 spiro atoms. The van der Waals surface area contributed by atoms with Crippen LogP contribution in [0, 0.1) is 0 Å². The van der Waals surface area contributed by atoms with Crippen molar-refractivity contribution < 1.29 is 18.0 Å². The number of carbonyl (C=O) groups is 1. The zero-order valence-electron chi connectivity index (χ0n) is 17.7. The number of anilines is 1. The van der Waals surface area contributed by atoms with Gasteiger partial charge in [0.2, 0.25) is 5.91 Å². The van der Waals surface area contributed by atoms with Gasteiger partial charge in [-0.1, -0.05) is 23.7 Å². The Labute approximate surface area is 193 Å². The first-order valence-electron chi connectivity index (χ1n) is 10.4. The first-order chi connectivity index (χ1) is 15.7. The second-order valence-electron chi connectivity index (χ2n) is 7.86. The molecule has 1 aromatic carbocycles. The molecule has 0 saturated carbocycles. The first-order valence-corrected chi connectivity index (χ1v) is 10.8. The molecule has 0 aliphatic carbocycles. The molecule has 1 N–H and O–H groups in total. The smallest absolute Gasteiger partial charge is 0.355 e. The molecule has 1 amide bonds. The number of alkyl halides is 3. The third-order valence-corrected chi connectivity index (χ3v) is 5.86. The quantitative estimate of drug-likeness (QED) is 0.576.